The lowest BCUT2D eigenvalue weighted by Gasteiger charge is -2.29. The molecule has 2 aromatic rings. The summed E-state index contributed by atoms with van der Waals surface area (Å²) in [7, 11) is 0. The highest BCUT2D eigenvalue weighted by Crippen LogP contribution is 2.28. The van der Waals surface area contributed by atoms with E-state index in [4.69, 9.17) is 9.47 Å². The zero-order valence-electron chi connectivity index (χ0n) is 11.4. The van der Waals surface area contributed by atoms with Crippen molar-refractivity contribution in [2.24, 2.45) is 0 Å². The number of rotatable bonds is 3. The van der Waals surface area contributed by atoms with E-state index in [1.165, 1.54) is 6.92 Å². The molecule has 0 radical (unpaired) electrons. The van der Waals surface area contributed by atoms with Gasteiger partial charge >= 0.3 is 5.97 Å². The summed E-state index contributed by atoms with van der Waals surface area (Å²) in [5.41, 5.74) is 1.82. The van der Waals surface area contributed by atoms with Crippen LogP contribution in [0.3, 0.4) is 0 Å². The Balaban J connectivity index is 1.75. The van der Waals surface area contributed by atoms with Crippen molar-refractivity contribution in [2.45, 2.75) is 38.5 Å². The second-order valence-corrected chi connectivity index (χ2v) is 4.97. The lowest BCUT2D eigenvalue weighted by atomic mass is 10.1. The molecule has 2 atom stereocenters. The average molecular weight is 275 g/mol. The highest BCUT2D eigenvalue weighted by Gasteiger charge is 2.26. The summed E-state index contributed by atoms with van der Waals surface area (Å²) in [6.07, 6.45) is 2.60. The van der Waals surface area contributed by atoms with Crippen molar-refractivity contribution < 1.29 is 14.3 Å². The molecule has 0 saturated carbocycles. The number of ether oxygens (including phenoxy) is 2. The maximum atomic E-state index is 10.9. The van der Waals surface area contributed by atoms with Gasteiger partial charge in [0.2, 0.25) is 0 Å². The van der Waals surface area contributed by atoms with Crippen molar-refractivity contribution in [3.63, 3.8) is 0 Å². The van der Waals surface area contributed by atoms with E-state index in [-0.39, 0.29) is 18.3 Å². The van der Waals surface area contributed by atoms with Gasteiger partial charge in [-0.05, 0) is 31.4 Å². The largest absolute Gasteiger partial charge is 0.463 e. The number of aromatic nitrogens is 3. The summed E-state index contributed by atoms with van der Waals surface area (Å²) in [6.45, 7) is 1.71. The fourth-order valence-corrected chi connectivity index (χ4v) is 2.49. The molecule has 0 amide bonds. The van der Waals surface area contributed by atoms with Gasteiger partial charge in [-0.1, -0.05) is 17.3 Å². The lowest BCUT2D eigenvalue weighted by Crippen LogP contribution is -2.30. The van der Waals surface area contributed by atoms with Crippen LogP contribution < -0.4 is 0 Å². The van der Waals surface area contributed by atoms with Crippen LogP contribution in [0.5, 0.6) is 0 Å². The minimum atomic E-state index is -0.276. The lowest BCUT2D eigenvalue weighted by molar-refractivity contribution is -0.154. The second-order valence-electron chi connectivity index (χ2n) is 4.97. The van der Waals surface area contributed by atoms with Gasteiger partial charge in [-0.3, -0.25) is 4.79 Å². The number of fused-ring (bicyclic) bond motifs is 1. The standard InChI is InChI=1S/C14H17N3O3/c1-10(18)19-9-11-5-4-8-14(20-11)17-13-7-3-2-6-12(13)15-16-17/h2-3,6-7,11,14H,4-5,8-9H2,1H3/t11-,14-/m0/s1. The third-order valence-corrected chi connectivity index (χ3v) is 3.45. The van der Waals surface area contributed by atoms with E-state index < -0.39 is 0 Å². The number of para-hydroxylation sites is 1. The van der Waals surface area contributed by atoms with Crippen LogP contribution >= 0.6 is 0 Å². The zero-order valence-corrected chi connectivity index (χ0v) is 11.4. The fraction of sp³-hybridized carbons (Fsp3) is 0.500. The van der Waals surface area contributed by atoms with Gasteiger partial charge in [0, 0.05) is 6.92 Å². The minimum Gasteiger partial charge on any atom is -0.463 e. The van der Waals surface area contributed by atoms with Crippen LogP contribution in [0.4, 0.5) is 0 Å². The van der Waals surface area contributed by atoms with Gasteiger partial charge in [0.25, 0.3) is 0 Å². The molecule has 2 heterocycles. The first-order chi connectivity index (χ1) is 9.74. The SMILES string of the molecule is CC(=O)OC[C@@H]1CCC[C@@H](n2nnc3ccccc32)O1. The van der Waals surface area contributed by atoms with Gasteiger partial charge in [0.05, 0.1) is 11.6 Å². The Hall–Kier alpha value is -1.95. The molecule has 1 aliphatic heterocycles. The zero-order chi connectivity index (χ0) is 13.9. The number of carbonyl (C=O) groups excluding carboxylic acids is 1. The van der Waals surface area contributed by atoms with Gasteiger partial charge < -0.3 is 9.47 Å². The van der Waals surface area contributed by atoms with Crippen LogP contribution in [0.15, 0.2) is 24.3 Å². The van der Waals surface area contributed by atoms with Crippen molar-refractivity contribution >= 4 is 17.0 Å². The molecular formula is C14H17N3O3. The van der Waals surface area contributed by atoms with Crippen LogP contribution in [0.25, 0.3) is 11.0 Å². The molecule has 1 aromatic heterocycles. The normalized spacial score (nSPS) is 22.9. The molecule has 1 aromatic carbocycles. The Labute approximate surface area is 116 Å². The summed E-state index contributed by atoms with van der Waals surface area (Å²) < 4.78 is 12.8. The van der Waals surface area contributed by atoms with Crippen LogP contribution in [-0.2, 0) is 14.3 Å². The average Bonchev–Trinajstić information content (AvgIpc) is 2.89. The third kappa shape index (κ3) is 2.65. The van der Waals surface area contributed by atoms with Gasteiger partial charge in [0.15, 0.2) is 6.23 Å². The van der Waals surface area contributed by atoms with Crippen molar-refractivity contribution in [3.05, 3.63) is 24.3 Å². The Morgan fingerprint density at radius 3 is 3.15 bits per heavy atom. The van der Waals surface area contributed by atoms with Crippen molar-refractivity contribution in [1.82, 2.24) is 15.0 Å². The Bertz CT molecular complexity index is 610. The smallest absolute Gasteiger partial charge is 0.302 e. The molecule has 20 heavy (non-hydrogen) atoms. The fourth-order valence-electron chi connectivity index (χ4n) is 2.49. The first kappa shape index (κ1) is 13.1. The number of esters is 1. The summed E-state index contributed by atoms with van der Waals surface area (Å²) in [6, 6.07) is 7.81. The van der Waals surface area contributed by atoms with E-state index in [1.54, 1.807) is 0 Å². The third-order valence-electron chi connectivity index (χ3n) is 3.45. The molecule has 6 heteroatoms. The van der Waals surface area contributed by atoms with E-state index in [0.717, 1.165) is 30.3 Å². The molecule has 3 rings (SSSR count). The Morgan fingerprint density at radius 2 is 2.30 bits per heavy atom. The van der Waals surface area contributed by atoms with Crippen molar-refractivity contribution in [2.75, 3.05) is 6.61 Å². The van der Waals surface area contributed by atoms with Gasteiger partial charge in [-0.25, -0.2) is 4.68 Å². The number of nitrogens with zero attached hydrogens (tertiary/aromatic N) is 3. The van der Waals surface area contributed by atoms with Crippen molar-refractivity contribution in [1.29, 1.82) is 0 Å². The Kier molecular flexibility index (Phi) is 3.64. The van der Waals surface area contributed by atoms with E-state index in [2.05, 4.69) is 10.3 Å². The van der Waals surface area contributed by atoms with E-state index in [1.807, 2.05) is 28.9 Å². The molecule has 0 unspecified atom stereocenters. The molecule has 6 nitrogen and oxygen atoms in total. The molecule has 106 valence electrons. The molecule has 0 N–H and O–H groups in total. The first-order valence-electron chi connectivity index (χ1n) is 6.83. The van der Waals surface area contributed by atoms with E-state index in [9.17, 15) is 4.79 Å². The predicted molar refractivity (Wildman–Crippen MR) is 71.9 cm³/mol. The molecule has 0 aliphatic carbocycles. The molecule has 1 saturated heterocycles. The van der Waals surface area contributed by atoms with E-state index >= 15 is 0 Å². The number of hydrogen-bond donors (Lipinski definition) is 0. The Morgan fingerprint density at radius 1 is 1.45 bits per heavy atom. The highest BCUT2D eigenvalue weighted by atomic mass is 16.6. The van der Waals surface area contributed by atoms with Crippen LogP contribution in [-0.4, -0.2) is 33.7 Å². The van der Waals surface area contributed by atoms with Crippen LogP contribution in [0, 0.1) is 0 Å². The molecular weight excluding hydrogens is 258 g/mol. The van der Waals surface area contributed by atoms with Crippen LogP contribution in [0.1, 0.15) is 32.4 Å². The number of hydrogen-bond acceptors (Lipinski definition) is 5. The molecule has 0 bridgehead atoms. The summed E-state index contributed by atoms with van der Waals surface area (Å²) in [5, 5.41) is 8.32. The van der Waals surface area contributed by atoms with Crippen molar-refractivity contribution in [3.8, 4) is 0 Å². The minimum absolute atomic E-state index is 0.0689. The predicted octanol–water partition coefficient (Wildman–Crippen LogP) is 2.06. The number of carbonyl (C=O) groups is 1. The highest BCUT2D eigenvalue weighted by molar-refractivity contribution is 5.73. The van der Waals surface area contributed by atoms with Crippen LogP contribution in [0.2, 0.25) is 0 Å². The maximum Gasteiger partial charge on any atom is 0.302 e. The second kappa shape index (κ2) is 5.58. The molecule has 1 fully saturated rings. The van der Waals surface area contributed by atoms with Gasteiger partial charge in [0.1, 0.15) is 12.1 Å². The molecule has 1 aliphatic rings. The molecule has 0 spiro atoms. The topological polar surface area (TPSA) is 66.2 Å². The first-order valence-corrected chi connectivity index (χ1v) is 6.83. The summed E-state index contributed by atoms with van der Waals surface area (Å²) in [5.74, 6) is -0.276. The monoisotopic (exact) mass is 275 g/mol. The quantitative estimate of drug-likeness (QED) is 0.802. The maximum absolute atomic E-state index is 10.9. The summed E-state index contributed by atoms with van der Waals surface area (Å²) in [4.78, 5) is 10.9. The van der Waals surface area contributed by atoms with Gasteiger partial charge in [-0.2, -0.15) is 0 Å². The summed E-state index contributed by atoms with van der Waals surface area (Å²) >= 11 is 0. The van der Waals surface area contributed by atoms with Gasteiger partial charge in [-0.15, -0.1) is 5.10 Å². The number of benzene rings is 1. The van der Waals surface area contributed by atoms with E-state index in [0.29, 0.717) is 6.61 Å².